The van der Waals surface area contributed by atoms with Crippen LogP contribution >= 0.6 is 23.1 Å². The van der Waals surface area contributed by atoms with Crippen LogP contribution < -0.4 is 10.1 Å². The van der Waals surface area contributed by atoms with Gasteiger partial charge in [-0.15, -0.1) is 28.1 Å². The molecule has 0 bridgehead atoms. The maximum atomic E-state index is 12.8. The normalized spacial score (nSPS) is 15.6. The average molecular weight is 536 g/mol. The fourth-order valence-corrected chi connectivity index (χ4v) is 6.58. The van der Waals surface area contributed by atoms with E-state index in [1.54, 1.807) is 6.08 Å². The first-order chi connectivity index (χ1) is 17.8. The highest BCUT2D eigenvalue weighted by Crippen LogP contribution is 2.39. The second-order valence-corrected chi connectivity index (χ2v) is 11.8. The number of aromatic nitrogens is 3. The zero-order chi connectivity index (χ0) is 26.5. The fraction of sp³-hybridized carbons (Fsp3) is 0.429. The second kappa shape index (κ2) is 12.0. The van der Waals surface area contributed by atoms with Crippen LogP contribution in [0.4, 0.5) is 5.00 Å². The summed E-state index contributed by atoms with van der Waals surface area (Å²) in [7, 11) is 0. The lowest BCUT2D eigenvalue weighted by Crippen LogP contribution is -2.15. The lowest BCUT2D eigenvalue weighted by atomic mass is 9.89. The molecule has 4 rings (SSSR count). The zero-order valence-electron chi connectivity index (χ0n) is 21.8. The number of allylic oxidation sites excluding steroid dienone is 1. The number of carbonyl (C=O) groups excluding carboxylic acids is 1. The van der Waals surface area contributed by atoms with Gasteiger partial charge in [-0.3, -0.25) is 9.36 Å². The molecule has 2 heterocycles. The number of ether oxygens (including phenoxy) is 1. The van der Waals surface area contributed by atoms with Gasteiger partial charge in [-0.1, -0.05) is 50.7 Å². The number of benzene rings is 1. The number of thiophene rings is 1. The van der Waals surface area contributed by atoms with E-state index in [-0.39, 0.29) is 17.8 Å². The van der Waals surface area contributed by atoms with E-state index in [1.807, 2.05) is 23.6 Å². The Morgan fingerprint density at radius 2 is 2.11 bits per heavy atom. The monoisotopic (exact) mass is 535 g/mol. The summed E-state index contributed by atoms with van der Waals surface area (Å²) in [5, 5.41) is 22.6. The minimum absolute atomic E-state index is 0.158. The predicted molar refractivity (Wildman–Crippen MR) is 149 cm³/mol. The summed E-state index contributed by atoms with van der Waals surface area (Å²) in [5.41, 5.74) is 2.98. The highest BCUT2D eigenvalue weighted by atomic mass is 32.2. The number of fused-ring (bicyclic) bond motifs is 1. The van der Waals surface area contributed by atoms with Crippen molar-refractivity contribution in [2.24, 2.45) is 5.92 Å². The Bertz CT molecular complexity index is 1300. The summed E-state index contributed by atoms with van der Waals surface area (Å²) in [4.78, 5) is 14.0. The van der Waals surface area contributed by atoms with Crippen molar-refractivity contribution in [3.05, 3.63) is 64.3 Å². The van der Waals surface area contributed by atoms with Crippen LogP contribution in [0.15, 0.2) is 42.1 Å². The first kappa shape index (κ1) is 27.0. The standard InChI is InChI=1S/C28H33N5O2S2/c1-6-13-33-26(19(5)35-21-10-8-20(9-11-21)17(2)3)31-32-28(33)36-16-25(34)30-27-23(15-29)22-12-7-18(4)14-24(22)37-27/h6,8-11,17-19H,1,7,12-14,16H2,2-5H3,(H,30,34). The SMILES string of the molecule is C=CCn1c(SCC(=O)Nc2sc3c(c2C#N)CCC(C)C3)nnc1C(C)Oc1ccc(C(C)C)cc1. The summed E-state index contributed by atoms with van der Waals surface area (Å²) >= 11 is 2.84. The number of hydrogen-bond acceptors (Lipinski definition) is 7. The molecule has 0 saturated carbocycles. The fourth-order valence-electron chi connectivity index (χ4n) is 4.45. The van der Waals surface area contributed by atoms with Crippen LogP contribution in [0.2, 0.25) is 0 Å². The number of rotatable bonds is 10. The van der Waals surface area contributed by atoms with Gasteiger partial charge in [0.1, 0.15) is 16.8 Å². The molecule has 2 aromatic heterocycles. The van der Waals surface area contributed by atoms with E-state index < -0.39 is 0 Å². The van der Waals surface area contributed by atoms with Crippen LogP contribution in [-0.2, 0) is 24.2 Å². The molecule has 0 saturated heterocycles. The molecule has 0 aliphatic heterocycles. The smallest absolute Gasteiger partial charge is 0.235 e. The number of amides is 1. The maximum absolute atomic E-state index is 12.8. The van der Waals surface area contributed by atoms with Gasteiger partial charge in [-0.05, 0) is 61.3 Å². The maximum Gasteiger partial charge on any atom is 0.235 e. The molecule has 194 valence electrons. The summed E-state index contributed by atoms with van der Waals surface area (Å²) in [6, 6.07) is 10.4. The first-order valence-electron chi connectivity index (χ1n) is 12.6. The Hall–Kier alpha value is -3.09. The molecule has 1 N–H and O–H groups in total. The van der Waals surface area contributed by atoms with Crippen LogP contribution in [0.25, 0.3) is 0 Å². The van der Waals surface area contributed by atoms with Crippen LogP contribution in [0, 0.1) is 17.2 Å². The molecule has 3 aromatic rings. The van der Waals surface area contributed by atoms with Gasteiger partial charge in [0, 0.05) is 11.4 Å². The highest BCUT2D eigenvalue weighted by Gasteiger charge is 2.25. The van der Waals surface area contributed by atoms with E-state index in [1.165, 1.54) is 33.5 Å². The molecule has 9 heteroatoms. The molecular formula is C28H33N5O2S2. The van der Waals surface area contributed by atoms with E-state index in [9.17, 15) is 10.1 Å². The third kappa shape index (κ3) is 6.25. The van der Waals surface area contributed by atoms with Crippen molar-refractivity contribution in [3.8, 4) is 11.8 Å². The van der Waals surface area contributed by atoms with Crippen molar-refractivity contribution in [2.45, 2.75) is 70.7 Å². The van der Waals surface area contributed by atoms with E-state index in [0.717, 1.165) is 30.6 Å². The molecular weight excluding hydrogens is 502 g/mol. The van der Waals surface area contributed by atoms with Crippen LogP contribution in [0.3, 0.4) is 0 Å². The molecule has 0 spiro atoms. The van der Waals surface area contributed by atoms with E-state index in [0.29, 0.717) is 39.9 Å². The number of nitriles is 1. The largest absolute Gasteiger partial charge is 0.483 e. The molecule has 2 atom stereocenters. The van der Waals surface area contributed by atoms with Gasteiger partial charge in [0.25, 0.3) is 0 Å². The van der Waals surface area contributed by atoms with Crippen molar-refractivity contribution in [1.82, 2.24) is 14.8 Å². The van der Waals surface area contributed by atoms with Crippen molar-refractivity contribution < 1.29 is 9.53 Å². The number of anilines is 1. The Labute approximate surface area is 226 Å². The summed E-state index contributed by atoms with van der Waals surface area (Å²) < 4.78 is 8.06. The van der Waals surface area contributed by atoms with Gasteiger partial charge in [-0.2, -0.15) is 5.26 Å². The van der Waals surface area contributed by atoms with Crippen LogP contribution in [-0.4, -0.2) is 26.4 Å². The number of hydrogen-bond donors (Lipinski definition) is 1. The minimum Gasteiger partial charge on any atom is -0.483 e. The van der Waals surface area contributed by atoms with Crippen molar-refractivity contribution in [3.63, 3.8) is 0 Å². The molecule has 37 heavy (non-hydrogen) atoms. The Morgan fingerprint density at radius 3 is 2.78 bits per heavy atom. The van der Waals surface area contributed by atoms with Crippen LogP contribution in [0.5, 0.6) is 5.75 Å². The lowest BCUT2D eigenvalue weighted by Gasteiger charge is -2.17. The summed E-state index contributed by atoms with van der Waals surface area (Å²) in [6.07, 6.45) is 4.38. The van der Waals surface area contributed by atoms with Gasteiger partial charge in [0.05, 0.1) is 11.3 Å². The molecule has 1 aliphatic rings. The molecule has 2 unspecified atom stereocenters. The summed E-state index contributed by atoms with van der Waals surface area (Å²) in [5.74, 6) is 2.48. The molecule has 1 amide bonds. The zero-order valence-corrected chi connectivity index (χ0v) is 23.4. The number of nitrogens with one attached hydrogen (secondary N) is 1. The number of carbonyl (C=O) groups is 1. The van der Waals surface area contributed by atoms with E-state index in [2.05, 4.69) is 61.1 Å². The Morgan fingerprint density at radius 1 is 1.35 bits per heavy atom. The first-order valence-corrected chi connectivity index (χ1v) is 14.4. The van der Waals surface area contributed by atoms with Crippen molar-refractivity contribution in [2.75, 3.05) is 11.1 Å². The second-order valence-electron chi connectivity index (χ2n) is 9.73. The third-order valence-corrected chi connectivity index (χ3v) is 8.63. The Kier molecular flexibility index (Phi) is 8.72. The molecule has 0 fully saturated rings. The quantitative estimate of drug-likeness (QED) is 0.235. The van der Waals surface area contributed by atoms with Crippen LogP contribution in [0.1, 0.15) is 73.5 Å². The van der Waals surface area contributed by atoms with Gasteiger partial charge < -0.3 is 10.1 Å². The topological polar surface area (TPSA) is 92.8 Å². The molecule has 1 aliphatic carbocycles. The number of thioether (sulfide) groups is 1. The number of nitrogens with zero attached hydrogens (tertiary/aromatic N) is 4. The highest BCUT2D eigenvalue weighted by molar-refractivity contribution is 7.99. The summed E-state index contributed by atoms with van der Waals surface area (Å²) in [6.45, 7) is 12.8. The van der Waals surface area contributed by atoms with Gasteiger partial charge in [-0.25, -0.2) is 0 Å². The van der Waals surface area contributed by atoms with Gasteiger partial charge in [0.15, 0.2) is 17.1 Å². The van der Waals surface area contributed by atoms with E-state index in [4.69, 9.17) is 4.74 Å². The lowest BCUT2D eigenvalue weighted by molar-refractivity contribution is -0.113. The van der Waals surface area contributed by atoms with Crippen molar-refractivity contribution >= 4 is 34.0 Å². The Balaban J connectivity index is 1.42. The molecule has 1 aromatic carbocycles. The van der Waals surface area contributed by atoms with Gasteiger partial charge in [0.2, 0.25) is 5.91 Å². The molecule has 7 nitrogen and oxygen atoms in total. The third-order valence-electron chi connectivity index (χ3n) is 6.49. The van der Waals surface area contributed by atoms with Crippen molar-refractivity contribution in [1.29, 1.82) is 5.26 Å². The predicted octanol–water partition coefficient (Wildman–Crippen LogP) is 6.52. The van der Waals surface area contributed by atoms with Gasteiger partial charge >= 0.3 is 0 Å². The average Bonchev–Trinajstić information content (AvgIpc) is 3.43. The van der Waals surface area contributed by atoms with E-state index >= 15 is 0 Å². The molecule has 0 radical (unpaired) electrons. The minimum atomic E-state index is -0.335.